The van der Waals surface area contributed by atoms with Crippen LogP contribution < -0.4 is 0 Å². The molecule has 0 aromatic rings. The van der Waals surface area contributed by atoms with Crippen LogP contribution in [0.2, 0.25) is 0 Å². The van der Waals surface area contributed by atoms with Gasteiger partial charge < -0.3 is 23.1 Å². The Morgan fingerprint density at radius 2 is 1.65 bits per heavy atom. The van der Waals surface area contributed by atoms with Crippen molar-refractivity contribution in [2.45, 2.75) is 52.2 Å². The number of carboxylic acid groups (broad SMARTS) is 1. The molecule has 0 radical (unpaired) electrons. The van der Waals surface area contributed by atoms with Gasteiger partial charge in [0.25, 0.3) is 0 Å². The third kappa shape index (κ3) is 6.19. The van der Waals surface area contributed by atoms with Gasteiger partial charge in [-0.15, -0.1) is 0 Å². The van der Waals surface area contributed by atoms with Crippen LogP contribution in [0, 0.1) is 0 Å². The highest BCUT2D eigenvalue weighted by molar-refractivity contribution is 6.57. The summed E-state index contributed by atoms with van der Waals surface area (Å²) < 4.78 is 23.1. The van der Waals surface area contributed by atoms with Gasteiger partial charge in [0.15, 0.2) is 0 Å². The summed E-state index contributed by atoms with van der Waals surface area (Å²) in [6.07, 6.45) is 0.587. The van der Waals surface area contributed by atoms with Gasteiger partial charge >= 0.3 is 20.9 Å². The third-order valence-corrected chi connectivity index (χ3v) is 6.29. The zero-order valence-electron chi connectivity index (χ0n) is 14.8. The van der Waals surface area contributed by atoms with E-state index in [2.05, 4.69) is 0 Å². The summed E-state index contributed by atoms with van der Waals surface area (Å²) in [6, 6.07) is -1.03. The highest BCUT2D eigenvalue weighted by atomic mass is 28.4. The Hall–Kier alpha value is -1.00. The molecule has 9 heteroatoms. The molecule has 0 heterocycles. The van der Waals surface area contributed by atoms with Crippen molar-refractivity contribution in [1.29, 1.82) is 0 Å². The molecule has 0 aromatic heterocycles. The first-order chi connectivity index (χ1) is 10.8. The minimum atomic E-state index is -3.35. The van der Waals surface area contributed by atoms with Crippen molar-refractivity contribution in [2.75, 3.05) is 27.9 Å². The molecule has 0 aliphatic heterocycles. The predicted molar refractivity (Wildman–Crippen MR) is 85.7 cm³/mol. The fourth-order valence-corrected chi connectivity index (χ4v) is 4.45. The minimum absolute atomic E-state index is 0.300. The Morgan fingerprint density at radius 1 is 1.13 bits per heavy atom. The maximum absolute atomic E-state index is 12.5. The van der Waals surface area contributed by atoms with E-state index < -0.39 is 33.4 Å². The van der Waals surface area contributed by atoms with Crippen molar-refractivity contribution < 1.29 is 32.7 Å². The summed E-state index contributed by atoms with van der Waals surface area (Å²) in [4.78, 5) is 23.7. The Labute approximate surface area is 139 Å². The minimum Gasteiger partial charge on any atom is -0.481 e. The molecule has 0 saturated carbocycles. The second kappa shape index (κ2) is 10.7. The number of ether oxygens (including phenoxy) is 1. The summed E-state index contributed by atoms with van der Waals surface area (Å²) in [7, 11) is 0.897. The average Bonchev–Trinajstić information content (AvgIpc) is 2.53. The highest BCUT2D eigenvalue weighted by Gasteiger charge is 2.52. The van der Waals surface area contributed by atoms with Gasteiger partial charge in [0.05, 0.1) is 12.5 Å². The number of esters is 1. The Bertz CT molecular complexity index is 368. The van der Waals surface area contributed by atoms with Crippen LogP contribution in [-0.2, 0) is 27.6 Å². The van der Waals surface area contributed by atoms with Crippen molar-refractivity contribution in [2.24, 2.45) is 0 Å². The lowest BCUT2D eigenvalue weighted by molar-refractivity contribution is -0.158. The molecule has 2 unspecified atom stereocenters. The number of carboxylic acids is 1. The monoisotopic (exact) mass is 351 g/mol. The standard InChI is InChI=1S/C14H29NO7Si/c1-7-9-15(23(19-4,20-5)21-6)12(10-13(16)17)14(18)22-11(3)8-2/h11-12H,7-10H2,1-6H3,(H,16,17). The second-order valence-corrected chi connectivity index (χ2v) is 7.95. The summed E-state index contributed by atoms with van der Waals surface area (Å²) in [5.41, 5.74) is 0. The van der Waals surface area contributed by atoms with Crippen molar-refractivity contribution >= 4 is 20.9 Å². The molecule has 0 aliphatic rings. The van der Waals surface area contributed by atoms with Gasteiger partial charge in [-0.05, 0) is 26.3 Å². The van der Waals surface area contributed by atoms with Crippen molar-refractivity contribution in [3.8, 4) is 0 Å². The maximum atomic E-state index is 12.5. The molecule has 0 aromatic carbocycles. The van der Waals surface area contributed by atoms with Crippen molar-refractivity contribution in [3.63, 3.8) is 0 Å². The van der Waals surface area contributed by atoms with E-state index in [1.165, 1.54) is 21.3 Å². The van der Waals surface area contributed by atoms with E-state index in [1.807, 2.05) is 13.8 Å². The Morgan fingerprint density at radius 3 is 2.00 bits per heavy atom. The Balaban J connectivity index is 5.64. The van der Waals surface area contributed by atoms with Gasteiger partial charge in [-0.3, -0.25) is 9.59 Å². The Kier molecular flexibility index (Phi) is 10.2. The lowest BCUT2D eigenvalue weighted by Gasteiger charge is -2.39. The number of aliphatic carboxylic acids is 1. The number of hydrogen-bond acceptors (Lipinski definition) is 7. The number of nitrogens with zero attached hydrogens (tertiary/aromatic N) is 1. The van der Waals surface area contributed by atoms with E-state index in [1.54, 1.807) is 11.5 Å². The van der Waals surface area contributed by atoms with Crippen molar-refractivity contribution in [1.82, 2.24) is 4.57 Å². The molecule has 0 fully saturated rings. The zero-order chi connectivity index (χ0) is 18.0. The third-order valence-electron chi connectivity index (χ3n) is 3.50. The van der Waals surface area contributed by atoms with E-state index >= 15 is 0 Å². The number of rotatable bonds is 12. The van der Waals surface area contributed by atoms with Gasteiger partial charge in [-0.25, -0.2) is 4.57 Å². The summed E-state index contributed by atoms with van der Waals surface area (Å²) >= 11 is 0. The van der Waals surface area contributed by atoms with Gasteiger partial charge in [0, 0.05) is 21.3 Å². The van der Waals surface area contributed by atoms with Crippen LogP contribution in [0.25, 0.3) is 0 Å². The van der Waals surface area contributed by atoms with Gasteiger partial charge in [0.2, 0.25) is 0 Å². The molecular weight excluding hydrogens is 322 g/mol. The SMILES string of the molecule is CCCN(C(CC(=O)O)C(=O)OC(C)CC)[Si](OC)(OC)OC. The van der Waals surface area contributed by atoms with Crippen LogP contribution >= 0.6 is 0 Å². The van der Waals surface area contributed by atoms with Gasteiger partial charge in [0.1, 0.15) is 6.04 Å². The van der Waals surface area contributed by atoms with E-state index in [-0.39, 0.29) is 6.10 Å². The van der Waals surface area contributed by atoms with Crippen LogP contribution in [-0.4, -0.2) is 70.6 Å². The molecule has 0 spiro atoms. The summed E-state index contributed by atoms with van der Waals surface area (Å²) in [6.45, 7) is 5.93. The van der Waals surface area contributed by atoms with E-state index in [0.717, 1.165) is 0 Å². The molecule has 0 aliphatic carbocycles. The molecule has 0 saturated heterocycles. The summed E-state index contributed by atoms with van der Waals surface area (Å²) in [5.74, 6) is -1.72. The molecule has 23 heavy (non-hydrogen) atoms. The summed E-state index contributed by atoms with van der Waals surface area (Å²) in [5, 5.41) is 9.18. The van der Waals surface area contributed by atoms with Crippen LogP contribution in [0.1, 0.15) is 40.0 Å². The lowest BCUT2D eigenvalue weighted by atomic mass is 10.2. The highest BCUT2D eigenvalue weighted by Crippen LogP contribution is 2.21. The molecule has 0 amide bonds. The number of carbonyl (C=O) groups is 2. The maximum Gasteiger partial charge on any atom is 0.599 e. The van der Waals surface area contributed by atoms with Gasteiger partial charge in [-0.1, -0.05) is 13.8 Å². The normalized spacial score (nSPS) is 14.6. The van der Waals surface area contributed by atoms with Crippen LogP contribution in [0.5, 0.6) is 0 Å². The second-order valence-electron chi connectivity index (χ2n) is 5.10. The molecule has 2 atom stereocenters. The largest absolute Gasteiger partial charge is 0.599 e. The van der Waals surface area contributed by atoms with Gasteiger partial charge in [-0.2, -0.15) is 0 Å². The van der Waals surface area contributed by atoms with E-state index in [9.17, 15) is 14.7 Å². The molecule has 8 nitrogen and oxygen atoms in total. The van der Waals surface area contributed by atoms with E-state index in [4.69, 9.17) is 18.0 Å². The fourth-order valence-electron chi connectivity index (χ4n) is 2.17. The quantitative estimate of drug-likeness (QED) is 0.415. The van der Waals surface area contributed by atoms with Crippen molar-refractivity contribution in [3.05, 3.63) is 0 Å². The molecule has 1 N–H and O–H groups in total. The predicted octanol–water partition coefficient (Wildman–Crippen LogP) is 1.26. The first-order valence-corrected chi connectivity index (χ1v) is 9.33. The van der Waals surface area contributed by atoms with Crippen LogP contribution in [0.3, 0.4) is 0 Å². The first-order valence-electron chi connectivity index (χ1n) is 7.66. The zero-order valence-corrected chi connectivity index (χ0v) is 15.8. The number of hydrogen-bond donors (Lipinski definition) is 1. The average molecular weight is 351 g/mol. The topological polar surface area (TPSA) is 94.5 Å². The van der Waals surface area contributed by atoms with Crippen LogP contribution in [0.4, 0.5) is 0 Å². The van der Waals surface area contributed by atoms with E-state index in [0.29, 0.717) is 19.4 Å². The molecule has 0 rings (SSSR count). The molecular formula is C14H29NO7Si. The lowest BCUT2D eigenvalue weighted by Crippen LogP contribution is -2.65. The fraction of sp³-hybridized carbons (Fsp3) is 0.857. The molecule has 0 bridgehead atoms. The smallest absolute Gasteiger partial charge is 0.481 e. The molecule has 136 valence electrons. The number of carbonyl (C=O) groups excluding carboxylic acids is 1. The first kappa shape index (κ1) is 22.0. The van der Waals surface area contributed by atoms with Crippen LogP contribution in [0.15, 0.2) is 0 Å².